The fourth-order valence-electron chi connectivity index (χ4n) is 3.13. The molecule has 1 aromatic rings. The summed E-state index contributed by atoms with van der Waals surface area (Å²) in [5.41, 5.74) is 4.62. The minimum absolute atomic E-state index is 0.282. The molecule has 0 aliphatic carbocycles. The van der Waals surface area contributed by atoms with Gasteiger partial charge in [0, 0.05) is 18.6 Å². The zero-order valence-corrected chi connectivity index (χ0v) is 11.9. The molecule has 2 nitrogen and oxygen atoms in total. The number of aryl methyl sites for hydroxylation is 2. The molecule has 100 valence electrons. The van der Waals surface area contributed by atoms with Gasteiger partial charge in [-0.2, -0.15) is 0 Å². The normalized spacial score (nSPS) is 24.2. The van der Waals surface area contributed by atoms with Crippen molar-refractivity contribution < 1.29 is 4.74 Å². The molecular weight excluding hydrogens is 222 g/mol. The van der Waals surface area contributed by atoms with E-state index >= 15 is 0 Å². The van der Waals surface area contributed by atoms with Crippen LogP contribution in [0.2, 0.25) is 0 Å². The second-order valence-corrected chi connectivity index (χ2v) is 5.73. The third-order valence-electron chi connectivity index (χ3n) is 4.15. The summed E-state index contributed by atoms with van der Waals surface area (Å²) in [5.74, 6) is 0. The summed E-state index contributed by atoms with van der Waals surface area (Å²) in [4.78, 5) is 0. The van der Waals surface area contributed by atoms with E-state index in [0.717, 1.165) is 26.2 Å². The van der Waals surface area contributed by atoms with Crippen LogP contribution in [0.3, 0.4) is 0 Å². The molecule has 1 saturated heterocycles. The molecule has 0 spiro atoms. The third-order valence-corrected chi connectivity index (χ3v) is 4.15. The highest BCUT2D eigenvalue weighted by atomic mass is 16.5. The summed E-state index contributed by atoms with van der Waals surface area (Å²) in [6.07, 6.45) is 3.58. The topological polar surface area (TPSA) is 21.3 Å². The maximum absolute atomic E-state index is 5.75. The summed E-state index contributed by atoms with van der Waals surface area (Å²) < 4.78 is 5.75. The van der Waals surface area contributed by atoms with E-state index in [1.165, 1.54) is 29.5 Å². The molecule has 1 heterocycles. The molecule has 2 heteroatoms. The van der Waals surface area contributed by atoms with Crippen LogP contribution in [0.25, 0.3) is 0 Å². The molecule has 1 atom stereocenters. The lowest BCUT2D eigenvalue weighted by Gasteiger charge is -2.38. The van der Waals surface area contributed by atoms with Crippen LogP contribution in [-0.2, 0) is 11.2 Å². The Hall–Kier alpha value is -0.860. The molecule has 0 bridgehead atoms. The van der Waals surface area contributed by atoms with Gasteiger partial charge in [0.1, 0.15) is 0 Å². The number of hydrogen-bond acceptors (Lipinski definition) is 2. The molecule has 18 heavy (non-hydrogen) atoms. The van der Waals surface area contributed by atoms with Gasteiger partial charge in [0.15, 0.2) is 0 Å². The van der Waals surface area contributed by atoms with Gasteiger partial charge in [0.2, 0.25) is 0 Å². The van der Waals surface area contributed by atoms with Crippen molar-refractivity contribution in [2.75, 3.05) is 26.8 Å². The Bertz CT molecular complexity index is 368. The fraction of sp³-hybridized carbons (Fsp3) is 0.625. The summed E-state index contributed by atoms with van der Waals surface area (Å²) in [6.45, 7) is 7.30. The average Bonchev–Trinajstić information content (AvgIpc) is 2.36. The monoisotopic (exact) mass is 247 g/mol. The van der Waals surface area contributed by atoms with Gasteiger partial charge >= 0.3 is 0 Å². The van der Waals surface area contributed by atoms with Gasteiger partial charge in [-0.25, -0.2) is 0 Å². The van der Waals surface area contributed by atoms with Gasteiger partial charge in [-0.3, -0.25) is 0 Å². The molecular formula is C16H25NO. The second-order valence-electron chi connectivity index (χ2n) is 5.73. The number of benzene rings is 1. The first kappa shape index (κ1) is 13.6. The molecule has 1 aromatic carbocycles. The van der Waals surface area contributed by atoms with E-state index in [2.05, 4.69) is 37.4 Å². The highest BCUT2D eigenvalue weighted by molar-refractivity contribution is 5.34. The van der Waals surface area contributed by atoms with Gasteiger partial charge in [-0.1, -0.05) is 18.2 Å². The van der Waals surface area contributed by atoms with Crippen LogP contribution in [0.1, 0.15) is 29.5 Å². The van der Waals surface area contributed by atoms with E-state index < -0.39 is 0 Å². The van der Waals surface area contributed by atoms with Crippen molar-refractivity contribution in [3.63, 3.8) is 0 Å². The number of rotatable bonds is 4. The maximum Gasteiger partial charge on any atom is 0.0537 e. The highest BCUT2D eigenvalue weighted by Gasteiger charge is 2.33. The Morgan fingerprint density at radius 1 is 1.28 bits per heavy atom. The van der Waals surface area contributed by atoms with E-state index in [9.17, 15) is 0 Å². The van der Waals surface area contributed by atoms with E-state index in [4.69, 9.17) is 4.74 Å². The summed E-state index contributed by atoms with van der Waals surface area (Å²) >= 11 is 0. The number of nitrogens with one attached hydrogen (secondary N) is 1. The molecule has 1 aliphatic rings. The van der Waals surface area contributed by atoms with Crippen molar-refractivity contribution in [1.29, 1.82) is 0 Å². The minimum Gasteiger partial charge on any atom is -0.381 e. The summed E-state index contributed by atoms with van der Waals surface area (Å²) in [7, 11) is 2.04. The first-order valence-electron chi connectivity index (χ1n) is 6.94. The van der Waals surface area contributed by atoms with Crippen LogP contribution in [0, 0.1) is 19.3 Å². The van der Waals surface area contributed by atoms with Crippen molar-refractivity contribution in [2.45, 2.75) is 33.1 Å². The molecule has 0 radical (unpaired) electrons. The third kappa shape index (κ3) is 2.93. The van der Waals surface area contributed by atoms with Crippen LogP contribution in [0.4, 0.5) is 0 Å². The Morgan fingerprint density at radius 2 is 2.00 bits per heavy atom. The van der Waals surface area contributed by atoms with Crippen LogP contribution in [0.15, 0.2) is 18.2 Å². The zero-order valence-electron chi connectivity index (χ0n) is 11.9. The predicted octanol–water partition coefficient (Wildman–Crippen LogP) is 2.86. The molecule has 0 amide bonds. The van der Waals surface area contributed by atoms with E-state index in [0.29, 0.717) is 0 Å². The largest absolute Gasteiger partial charge is 0.381 e. The van der Waals surface area contributed by atoms with Crippen molar-refractivity contribution in [1.82, 2.24) is 5.32 Å². The zero-order chi connectivity index (χ0) is 13.0. The molecule has 1 unspecified atom stereocenters. The van der Waals surface area contributed by atoms with Gasteiger partial charge < -0.3 is 10.1 Å². The van der Waals surface area contributed by atoms with Gasteiger partial charge in [0.25, 0.3) is 0 Å². The summed E-state index contributed by atoms with van der Waals surface area (Å²) in [5, 5.41) is 3.36. The lowest BCUT2D eigenvalue weighted by atomic mass is 9.75. The van der Waals surface area contributed by atoms with E-state index in [-0.39, 0.29) is 5.41 Å². The Morgan fingerprint density at radius 3 is 2.56 bits per heavy atom. The van der Waals surface area contributed by atoms with Gasteiger partial charge in [0.05, 0.1) is 6.61 Å². The highest BCUT2D eigenvalue weighted by Crippen LogP contribution is 2.33. The van der Waals surface area contributed by atoms with Crippen molar-refractivity contribution in [2.24, 2.45) is 5.41 Å². The van der Waals surface area contributed by atoms with Crippen molar-refractivity contribution in [3.05, 3.63) is 34.9 Å². The van der Waals surface area contributed by atoms with Crippen LogP contribution >= 0.6 is 0 Å². The number of hydrogen-bond donors (Lipinski definition) is 1. The Balaban J connectivity index is 2.23. The Kier molecular flexibility index (Phi) is 4.41. The predicted molar refractivity (Wildman–Crippen MR) is 76.0 cm³/mol. The SMILES string of the molecule is CNCC1(Cc2c(C)cccc2C)CCCOC1. The molecule has 1 fully saturated rings. The smallest absolute Gasteiger partial charge is 0.0537 e. The van der Waals surface area contributed by atoms with Crippen molar-refractivity contribution >= 4 is 0 Å². The summed E-state index contributed by atoms with van der Waals surface area (Å²) in [6, 6.07) is 6.59. The van der Waals surface area contributed by atoms with Crippen LogP contribution < -0.4 is 5.32 Å². The lowest BCUT2D eigenvalue weighted by molar-refractivity contribution is -0.00637. The standard InChI is InChI=1S/C16H25NO/c1-13-6-4-7-14(2)15(13)10-16(11-17-3)8-5-9-18-12-16/h4,6-7,17H,5,8-12H2,1-3H3. The first-order valence-corrected chi connectivity index (χ1v) is 6.94. The number of ether oxygens (including phenoxy) is 1. The molecule has 1 aliphatic heterocycles. The van der Waals surface area contributed by atoms with Crippen LogP contribution in [0.5, 0.6) is 0 Å². The average molecular weight is 247 g/mol. The molecule has 0 saturated carbocycles. The van der Waals surface area contributed by atoms with Crippen molar-refractivity contribution in [3.8, 4) is 0 Å². The minimum atomic E-state index is 0.282. The van der Waals surface area contributed by atoms with E-state index in [1.54, 1.807) is 0 Å². The quantitative estimate of drug-likeness (QED) is 0.883. The van der Waals surface area contributed by atoms with Gasteiger partial charge in [-0.15, -0.1) is 0 Å². The van der Waals surface area contributed by atoms with E-state index in [1.807, 2.05) is 7.05 Å². The molecule has 2 rings (SSSR count). The maximum atomic E-state index is 5.75. The molecule has 1 N–H and O–H groups in total. The van der Waals surface area contributed by atoms with Gasteiger partial charge in [-0.05, 0) is 56.8 Å². The first-order chi connectivity index (χ1) is 8.67. The van der Waals surface area contributed by atoms with Crippen LogP contribution in [-0.4, -0.2) is 26.8 Å². The fourth-order valence-corrected chi connectivity index (χ4v) is 3.13. The second kappa shape index (κ2) is 5.85. The Labute approximate surface area is 111 Å². The lowest BCUT2D eigenvalue weighted by Crippen LogP contribution is -2.42. The molecule has 0 aromatic heterocycles.